The van der Waals surface area contributed by atoms with Crippen LogP contribution in [0, 0.1) is 5.92 Å². The summed E-state index contributed by atoms with van der Waals surface area (Å²) in [5.74, 6) is 0.00392. The molecule has 0 unspecified atom stereocenters. The Balaban J connectivity index is 1.52. The van der Waals surface area contributed by atoms with Crippen molar-refractivity contribution in [2.45, 2.75) is 32.1 Å². The summed E-state index contributed by atoms with van der Waals surface area (Å²) >= 11 is 5.88. The molecule has 1 aliphatic rings. The van der Waals surface area contributed by atoms with Crippen molar-refractivity contribution in [2.75, 3.05) is 0 Å². The smallest absolute Gasteiger partial charge is 0.343 e. The molecule has 1 N–H and O–H groups in total. The fraction of sp³-hybridized carbons (Fsp3) is 0.286. The van der Waals surface area contributed by atoms with Crippen LogP contribution in [-0.4, -0.2) is 18.1 Å². The zero-order chi connectivity index (χ0) is 19.1. The Morgan fingerprint density at radius 3 is 2.52 bits per heavy atom. The maximum Gasteiger partial charge on any atom is 0.343 e. The average Bonchev–Trinajstić information content (AvgIpc) is 2.70. The van der Waals surface area contributed by atoms with E-state index in [-0.39, 0.29) is 11.8 Å². The number of hydrogen-bond donors (Lipinski definition) is 1. The molecule has 0 saturated heterocycles. The molecule has 1 saturated carbocycles. The summed E-state index contributed by atoms with van der Waals surface area (Å²) in [7, 11) is 0. The molecule has 2 aromatic rings. The van der Waals surface area contributed by atoms with Crippen molar-refractivity contribution in [3.63, 3.8) is 0 Å². The van der Waals surface area contributed by atoms with Gasteiger partial charge in [0.1, 0.15) is 5.75 Å². The van der Waals surface area contributed by atoms with Gasteiger partial charge in [0, 0.05) is 10.9 Å². The predicted octanol–water partition coefficient (Wildman–Crippen LogP) is 4.59. The standard InChI is InChI=1S/C21H21ClN2O3/c22-18-8-4-7-17(13-18)21(26)27-19-11-9-15(10-12-19)14-23-24-20(25)16-5-2-1-3-6-16/h4,7-14,16H,1-3,5-6H2,(H,24,25)/b23-14+. The highest BCUT2D eigenvalue weighted by Gasteiger charge is 2.20. The first-order valence-electron chi connectivity index (χ1n) is 9.02. The van der Waals surface area contributed by atoms with Crippen LogP contribution in [-0.2, 0) is 4.79 Å². The number of amides is 1. The number of rotatable bonds is 5. The Kier molecular flexibility index (Phi) is 6.60. The van der Waals surface area contributed by atoms with E-state index in [1.807, 2.05) is 0 Å². The van der Waals surface area contributed by atoms with Gasteiger partial charge < -0.3 is 4.74 Å². The third kappa shape index (κ3) is 5.66. The zero-order valence-electron chi connectivity index (χ0n) is 14.9. The molecule has 1 fully saturated rings. The number of benzene rings is 2. The van der Waals surface area contributed by atoms with Crippen LogP contribution < -0.4 is 10.2 Å². The summed E-state index contributed by atoms with van der Waals surface area (Å²) in [6.45, 7) is 0. The molecule has 5 nitrogen and oxygen atoms in total. The van der Waals surface area contributed by atoms with Crippen molar-refractivity contribution in [1.82, 2.24) is 5.43 Å². The second-order valence-electron chi connectivity index (χ2n) is 6.54. The highest BCUT2D eigenvalue weighted by atomic mass is 35.5. The molecule has 0 radical (unpaired) electrons. The number of hydrogen-bond acceptors (Lipinski definition) is 4. The number of ether oxygens (including phenoxy) is 1. The number of carbonyl (C=O) groups excluding carboxylic acids is 2. The largest absolute Gasteiger partial charge is 0.423 e. The third-order valence-corrected chi connectivity index (χ3v) is 4.75. The van der Waals surface area contributed by atoms with Crippen LogP contribution in [0.25, 0.3) is 0 Å². The number of nitrogens with one attached hydrogen (secondary N) is 1. The van der Waals surface area contributed by atoms with Gasteiger partial charge in [-0.25, -0.2) is 10.2 Å². The lowest BCUT2D eigenvalue weighted by molar-refractivity contribution is -0.125. The first-order chi connectivity index (χ1) is 13.1. The number of esters is 1. The lowest BCUT2D eigenvalue weighted by Gasteiger charge is -2.19. The highest BCUT2D eigenvalue weighted by Crippen LogP contribution is 2.23. The molecule has 1 aliphatic carbocycles. The molecule has 1 amide bonds. The van der Waals surface area contributed by atoms with E-state index in [9.17, 15) is 9.59 Å². The van der Waals surface area contributed by atoms with E-state index in [2.05, 4.69) is 10.5 Å². The van der Waals surface area contributed by atoms with E-state index in [4.69, 9.17) is 16.3 Å². The van der Waals surface area contributed by atoms with Crippen molar-refractivity contribution in [3.8, 4) is 5.75 Å². The SMILES string of the molecule is O=C(Oc1ccc(/C=N/NC(=O)C2CCCCC2)cc1)c1cccc(Cl)c1. The van der Waals surface area contributed by atoms with E-state index in [0.29, 0.717) is 16.3 Å². The lowest BCUT2D eigenvalue weighted by atomic mass is 9.89. The Morgan fingerprint density at radius 1 is 1.07 bits per heavy atom. The Morgan fingerprint density at radius 2 is 1.81 bits per heavy atom. The van der Waals surface area contributed by atoms with E-state index in [1.165, 1.54) is 6.42 Å². The maximum atomic E-state index is 12.1. The molecule has 0 atom stereocenters. The van der Waals surface area contributed by atoms with Crippen LogP contribution in [0.3, 0.4) is 0 Å². The minimum atomic E-state index is -0.473. The van der Waals surface area contributed by atoms with Crippen molar-refractivity contribution in [2.24, 2.45) is 11.0 Å². The van der Waals surface area contributed by atoms with Gasteiger partial charge in [-0.1, -0.05) is 36.9 Å². The first kappa shape index (κ1) is 19.1. The summed E-state index contributed by atoms with van der Waals surface area (Å²) in [5.41, 5.74) is 3.79. The fourth-order valence-corrected chi connectivity index (χ4v) is 3.22. The van der Waals surface area contributed by atoms with Gasteiger partial charge in [-0.15, -0.1) is 0 Å². The molecule has 140 valence electrons. The molecular weight excluding hydrogens is 364 g/mol. The van der Waals surface area contributed by atoms with Crippen LogP contribution in [0.1, 0.15) is 48.0 Å². The predicted molar refractivity (Wildman–Crippen MR) is 105 cm³/mol. The quantitative estimate of drug-likeness (QED) is 0.355. The number of hydrazone groups is 1. The Hall–Kier alpha value is -2.66. The van der Waals surface area contributed by atoms with Crippen molar-refractivity contribution in [1.29, 1.82) is 0 Å². The molecule has 0 aliphatic heterocycles. The number of nitrogens with zero attached hydrogens (tertiary/aromatic N) is 1. The van der Waals surface area contributed by atoms with E-state index in [0.717, 1.165) is 31.2 Å². The molecule has 0 bridgehead atoms. The molecule has 27 heavy (non-hydrogen) atoms. The molecular formula is C21H21ClN2O3. The van der Waals surface area contributed by atoms with Crippen LogP contribution >= 0.6 is 11.6 Å². The summed E-state index contributed by atoms with van der Waals surface area (Å²) in [6, 6.07) is 13.5. The number of carbonyl (C=O) groups is 2. The van der Waals surface area contributed by atoms with Gasteiger partial charge in [-0.2, -0.15) is 5.10 Å². The normalized spacial score (nSPS) is 14.9. The van der Waals surface area contributed by atoms with Crippen molar-refractivity contribution < 1.29 is 14.3 Å². The molecule has 0 spiro atoms. The minimum Gasteiger partial charge on any atom is -0.423 e. The van der Waals surface area contributed by atoms with Gasteiger partial charge in [-0.05, 0) is 60.9 Å². The molecule has 0 aromatic heterocycles. The summed E-state index contributed by atoms with van der Waals surface area (Å²) < 4.78 is 5.32. The van der Waals surface area contributed by atoms with Gasteiger partial charge in [0.25, 0.3) is 0 Å². The fourth-order valence-electron chi connectivity index (χ4n) is 3.03. The molecule has 2 aromatic carbocycles. The number of halogens is 1. The van der Waals surface area contributed by atoms with Crippen LogP contribution in [0.5, 0.6) is 5.75 Å². The van der Waals surface area contributed by atoms with Gasteiger partial charge in [0.15, 0.2) is 0 Å². The summed E-state index contributed by atoms with van der Waals surface area (Å²) in [6.07, 6.45) is 6.88. The second kappa shape index (κ2) is 9.33. The minimum absolute atomic E-state index is 0.0157. The Bertz CT molecular complexity index is 828. The van der Waals surface area contributed by atoms with Crippen molar-refractivity contribution >= 4 is 29.7 Å². The van der Waals surface area contributed by atoms with Gasteiger partial charge in [0.05, 0.1) is 11.8 Å². The zero-order valence-corrected chi connectivity index (χ0v) is 15.6. The molecule has 3 rings (SSSR count). The summed E-state index contributed by atoms with van der Waals surface area (Å²) in [5, 5.41) is 4.50. The van der Waals surface area contributed by atoms with Crippen LogP contribution in [0.4, 0.5) is 0 Å². The van der Waals surface area contributed by atoms with E-state index < -0.39 is 5.97 Å². The van der Waals surface area contributed by atoms with E-state index >= 15 is 0 Å². The van der Waals surface area contributed by atoms with Crippen LogP contribution in [0.2, 0.25) is 5.02 Å². The van der Waals surface area contributed by atoms with E-state index in [1.54, 1.807) is 54.7 Å². The van der Waals surface area contributed by atoms with Gasteiger partial charge in [0.2, 0.25) is 5.91 Å². The maximum absolute atomic E-state index is 12.1. The molecule has 0 heterocycles. The summed E-state index contributed by atoms with van der Waals surface area (Å²) in [4.78, 5) is 24.1. The topological polar surface area (TPSA) is 67.8 Å². The Labute approximate surface area is 163 Å². The lowest BCUT2D eigenvalue weighted by Crippen LogP contribution is -2.28. The second-order valence-corrected chi connectivity index (χ2v) is 6.97. The van der Waals surface area contributed by atoms with Crippen LogP contribution in [0.15, 0.2) is 53.6 Å². The first-order valence-corrected chi connectivity index (χ1v) is 9.40. The van der Waals surface area contributed by atoms with Crippen molar-refractivity contribution in [3.05, 3.63) is 64.7 Å². The third-order valence-electron chi connectivity index (χ3n) is 4.52. The monoisotopic (exact) mass is 384 g/mol. The highest BCUT2D eigenvalue weighted by molar-refractivity contribution is 6.30. The van der Waals surface area contributed by atoms with Gasteiger partial charge in [-0.3, -0.25) is 4.79 Å². The van der Waals surface area contributed by atoms with Gasteiger partial charge >= 0.3 is 5.97 Å². The molecule has 6 heteroatoms. The average molecular weight is 385 g/mol.